The van der Waals surface area contributed by atoms with E-state index in [0.29, 0.717) is 16.6 Å². The Morgan fingerprint density at radius 1 is 1.17 bits per heavy atom. The maximum Gasteiger partial charge on any atom is 0.259 e. The van der Waals surface area contributed by atoms with Crippen molar-refractivity contribution in [3.05, 3.63) is 51.2 Å². The summed E-state index contributed by atoms with van der Waals surface area (Å²) in [6, 6.07) is 3.63. The molecule has 1 heterocycles. The van der Waals surface area contributed by atoms with E-state index in [4.69, 9.17) is 0 Å². The first-order valence-corrected chi connectivity index (χ1v) is 7.84. The lowest BCUT2D eigenvalue weighted by molar-refractivity contribution is 0.102. The van der Waals surface area contributed by atoms with Crippen LogP contribution >= 0.6 is 11.3 Å². The van der Waals surface area contributed by atoms with E-state index in [1.807, 2.05) is 0 Å². The Hall–Kier alpha value is -2.33. The SMILES string of the molecule is N#Cc1c(NC(=O)c2ccc(F)c(F)c2F)sc2c1CCCC2. The molecule has 118 valence electrons. The van der Waals surface area contributed by atoms with Gasteiger partial charge in [-0.2, -0.15) is 5.26 Å². The number of carbonyl (C=O) groups is 1. The van der Waals surface area contributed by atoms with E-state index in [1.54, 1.807) is 0 Å². The molecule has 0 atom stereocenters. The van der Waals surface area contributed by atoms with Crippen molar-refractivity contribution in [1.29, 1.82) is 5.26 Å². The molecular weight excluding hydrogens is 325 g/mol. The zero-order chi connectivity index (χ0) is 16.6. The fourth-order valence-corrected chi connectivity index (χ4v) is 3.88. The smallest absolute Gasteiger partial charge is 0.259 e. The van der Waals surface area contributed by atoms with Crippen LogP contribution in [0, 0.1) is 28.8 Å². The van der Waals surface area contributed by atoms with Crippen molar-refractivity contribution in [3.63, 3.8) is 0 Å². The maximum atomic E-state index is 13.7. The second kappa shape index (κ2) is 6.05. The number of rotatable bonds is 2. The number of aryl methyl sites for hydroxylation is 1. The highest BCUT2D eigenvalue weighted by Crippen LogP contribution is 2.37. The lowest BCUT2D eigenvalue weighted by atomic mass is 9.96. The van der Waals surface area contributed by atoms with Crippen molar-refractivity contribution in [1.82, 2.24) is 0 Å². The summed E-state index contributed by atoms with van der Waals surface area (Å²) in [6.45, 7) is 0. The van der Waals surface area contributed by atoms with E-state index in [0.717, 1.165) is 42.2 Å². The Labute approximate surface area is 134 Å². The van der Waals surface area contributed by atoms with Crippen LogP contribution in [0.4, 0.5) is 18.2 Å². The number of carbonyl (C=O) groups excluding carboxylic acids is 1. The first-order chi connectivity index (χ1) is 11.0. The minimum atomic E-state index is -1.69. The van der Waals surface area contributed by atoms with Gasteiger partial charge in [-0.25, -0.2) is 13.2 Å². The van der Waals surface area contributed by atoms with Gasteiger partial charge in [0.05, 0.1) is 11.1 Å². The monoisotopic (exact) mass is 336 g/mol. The number of amides is 1. The van der Waals surface area contributed by atoms with E-state index in [2.05, 4.69) is 11.4 Å². The van der Waals surface area contributed by atoms with Crippen LogP contribution in [0.3, 0.4) is 0 Å². The maximum absolute atomic E-state index is 13.7. The van der Waals surface area contributed by atoms with E-state index in [-0.39, 0.29) is 0 Å². The van der Waals surface area contributed by atoms with E-state index in [1.165, 1.54) is 11.3 Å². The number of hydrogen-bond donors (Lipinski definition) is 1. The Balaban J connectivity index is 1.94. The van der Waals surface area contributed by atoms with E-state index >= 15 is 0 Å². The first-order valence-electron chi connectivity index (χ1n) is 7.02. The number of nitrogens with one attached hydrogen (secondary N) is 1. The molecule has 0 fully saturated rings. The van der Waals surface area contributed by atoms with Gasteiger partial charge >= 0.3 is 0 Å². The normalized spacial score (nSPS) is 13.3. The lowest BCUT2D eigenvalue weighted by Crippen LogP contribution is -2.15. The van der Waals surface area contributed by atoms with Crippen LogP contribution in [0.5, 0.6) is 0 Å². The van der Waals surface area contributed by atoms with Crippen molar-refractivity contribution >= 4 is 22.2 Å². The molecule has 0 unspecified atom stereocenters. The molecular formula is C16H11F3N2OS. The van der Waals surface area contributed by atoms with Gasteiger partial charge in [0, 0.05) is 4.88 Å². The van der Waals surface area contributed by atoms with Crippen LogP contribution in [0.15, 0.2) is 12.1 Å². The highest BCUT2D eigenvalue weighted by Gasteiger charge is 2.24. The molecule has 1 aliphatic carbocycles. The molecule has 0 bridgehead atoms. The number of nitriles is 1. The minimum absolute atomic E-state index is 0.327. The predicted octanol–water partition coefficient (Wildman–Crippen LogP) is 4.17. The van der Waals surface area contributed by atoms with Gasteiger partial charge in [0.15, 0.2) is 17.5 Å². The molecule has 3 rings (SSSR count). The van der Waals surface area contributed by atoms with Crippen molar-refractivity contribution in [2.75, 3.05) is 5.32 Å². The standard InChI is InChI=1S/C16H11F3N2OS/c17-11-6-5-9(13(18)14(11)19)15(22)21-16-10(7-20)8-3-1-2-4-12(8)23-16/h5-6H,1-4H2,(H,21,22). The third kappa shape index (κ3) is 2.70. The number of halogens is 3. The highest BCUT2D eigenvalue weighted by atomic mass is 32.1. The van der Waals surface area contributed by atoms with Crippen molar-refractivity contribution in [2.45, 2.75) is 25.7 Å². The van der Waals surface area contributed by atoms with Crippen LogP contribution in [-0.2, 0) is 12.8 Å². The molecule has 0 saturated heterocycles. The van der Waals surface area contributed by atoms with Gasteiger partial charge in [-0.1, -0.05) is 0 Å². The van der Waals surface area contributed by atoms with Crippen LogP contribution in [0.2, 0.25) is 0 Å². The zero-order valence-electron chi connectivity index (χ0n) is 11.9. The number of thiophene rings is 1. The summed E-state index contributed by atoms with van der Waals surface area (Å²) < 4.78 is 39.9. The van der Waals surface area contributed by atoms with Crippen molar-refractivity contribution in [2.24, 2.45) is 0 Å². The van der Waals surface area contributed by atoms with Gasteiger partial charge < -0.3 is 5.32 Å². The molecule has 23 heavy (non-hydrogen) atoms. The summed E-state index contributed by atoms with van der Waals surface area (Å²) in [4.78, 5) is 13.2. The molecule has 1 aromatic heterocycles. The third-order valence-corrected chi connectivity index (χ3v) is 5.00. The van der Waals surface area contributed by atoms with Gasteiger partial charge in [-0.05, 0) is 43.4 Å². The fraction of sp³-hybridized carbons (Fsp3) is 0.250. The van der Waals surface area contributed by atoms with Crippen molar-refractivity contribution in [3.8, 4) is 6.07 Å². The molecule has 1 amide bonds. The Morgan fingerprint density at radius 2 is 1.91 bits per heavy atom. The second-order valence-electron chi connectivity index (χ2n) is 5.20. The first kappa shape index (κ1) is 15.6. The molecule has 0 spiro atoms. The summed E-state index contributed by atoms with van der Waals surface area (Å²) in [5, 5.41) is 12.1. The van der Waals surface area contributed by atoms with Gasteiger partial charge in [0.25, 0.3) is 5.91 Å². The summed E-state index contributed by atoms with van der Waals surface area (Å²) in [7, 11) is 0. The molecule has 1 aromatic carbocycles. The van der Waals surface area contributed by atoms with E-state index < -0.39 is 28.9 Å². The van der Waals surface area contributed by atoms with E-state index in [9.17, 15) is 23.2 Å². The number of benzene rings is 1. The minimum Gasteiger partial charge on any atom is -0.312 e. The fourth-order valence-electron chi connectivity index (χ4n) is 2.64. The molecule has 0 radical (unpaired) electrons. The molecule has 2 aromatic rings. The van der Waals surface area contributed by atoms with Gasteiger partial charge in [-0.3, -0.25) is 4.79 Å². The number of anilines is 1. The summed E-state index contributed by atoms with van der Waals surface area (Å²) in [6.07, 6.45) is 3.60. The molecule has 1 N–H and O–H groups in total. The summed E-state index contributed by atoms with van der Waals surface area (Å²) in [5.74, 6) is -5.49. The number of hydrogen-bond acceptors (Lipinski definition) is 3. The number of fused-ring (bicyclic) bond motifs is 1. The molecule has 7 heteroatoms. The van der Waals surface area contributed by atoms with Crippen LogP contribution in [-0.4, -0.2) is 5.91 Å². The largest absolute Gasteiger partial charge is 0.312 e. The molecule has 0 saturated carbocycles. The van der Waals surface area contributed by atoms with Gasteiger partial charge in [-0.15, -0.1) is 11.3 Å². The quantitative estimate of drug-likeness (QED) is 0.837. The molecule has 3 nitrogen and oxygen atoms in total. The summed E-state index contributed by atoms with van der Waals surface area (Å²) in [5.41, 5.74) is 0.699. The Bertz CT molecular complexity index is 839. The summed E-state index contributed by atoms with van der Waals surface area (Å²) >= 11 is 1.28. The van der Waals surface area contributed by atoms with Crippen LogP contribution < -0.4 is 5.32 Å². The third-order valence-electron chi connectivity index (χ3n) is 3.79. The van der Waals surface area contributed by atoms with Gasteiger partial charge in [0.2, 0.25) is 0 Å². The Kier molecular flexibility index (Phi) is 4.09. The van der Waals surface area contributed by atoms with Crippen molar-refractivity contribution < 1.29 is 18.0 Å². The topological polar surface area (TPSA) is 52.9 Å². The highest BCUT2D eigenvalue weighted by molar-refractivity contribution is 7.16. The Morgan fingerprint density at radius 3 is 2.65 bits per heavy atom. The number of nitrogens with zero attached hydrogens (tertiary/aromatic N) is 1. The lowest BCUT2D eigenvalue weighted by Gasteiger charge is -2.09. The van der Waals surface area contributed by atoms with Gasteiger partial charge in [0.1, 0.15) is 11.1 Å². The van der Waals surface area contributed by atoms with Crippen LogP contribution in [0.25, 0.3) is 0 Å². The zero-order valence-corrected chi connectivity index (χ0v) is 12.7. The van der Waals surface area contributed by atoms with Crippen LogP contribution in [0.1, 0.15) is 39.2 Å². The molecule has 0 aliphatic heterocycles. The average molecular weight is 336 g/mol. The average Bonchev–Trinajstić information content (AvgIpc) is 2.89. The predicted molar refractivity (Wildman–Crippen MR) is 79.9 cm³/mol. The second-order valence-corrected chi connectivity index (χ2v) is 6.31. The molecule has 1 aliphatic rings.